The van der Waals surface area contributed by atoms with Crippen LogP contribution in [0.15, 0.2) is 66.9 Å². The first kappa shape index (κ1) is 24.7. The summed E-state index contributed by atoms with van der Waals surface area (Å²) < 4.78 is 5.43. The van der Waals surface area contributed by atoms with Crippen LogP contribution in [0.3, 0.4) is 0 Å². The van der Waals surface area contributed by atoms with Crippen molar-refractivity contribution in [2.75, 3.05) is 14.2 Å². The molecule has 34 heavy (non-hydrogen) atoms. The van der Waals surface area contributed by atoms with Gasteiger partial charge in [0.05, 0.1) is 18.4 Å². The molecule has 0 aliphatic heterocycles. The molecule has 0 saturated heterocycles. The van der Waals surface area contributed by atoms with E-state index in [1.54, 1.807) is 25.3 Å². The molecule has 0 fully saturated rings. The number of pyridine rings is 1. The lowest BCUT2D eigenvalue weighted by molar-refractivity contribution is -0.129. The molecule has 2 atom stereocenters. The number of halogens is 1. The molecule has 2 aromatic carbocycles. The number of hydrogen-bond donors (Lipinski definition) is 1. The smallest absolute Gasteiger partial charge is 0.257 e. The topological polar surface area (TPSA) is 95.3 Å². The zero-order chi connectivity index (χ0) is 24.7. The van der Waals surface area contributed by atoms with Crippen LogP contribution in [0.2, 0.25) is 5.02 Å². The van der Waals surface area contributed by atoms with E-state index in [4.69, 9.17) is 16.3 Å². The van der Waals surface area contributed by atoms with Crippen molar-refractivity contribution in [3.05, 3.63) is 83.0 Å². The third kappa shape index (κ3) is 5.72. The van der Waals surface area contributed by atoms with Gasteiger partial charge in [-0.15, -0.1) is 0 Å². The molecule has 1 N–H and O–H groups in total. The Labute approximate surface area is 203 Å². The van der Waals surface area contributed by atoms with Gasteiger partial charge in [-0.1, -0.05) is 54.9 Å². The number of hydrogen-bond acceptors (Lipinski definition) is 5. The van der Waals surface area contributed by atoms with Gasteiger partial charge in [0.2, 0.25) is 0 Å². The van der Waals surface area contributed by atoms with Gasteiger partial charge in [0.15, 0.2) is 6.19 Å². The van der Waals surface area contributed by atoms with Crippen molar-refractivity contribution in [3.8, 4) is 23.2 Å². The van der Waals surface area contributed by atoms with Crippen LogP contribution in [0, 0.1) is 11.5 Å². The molecule has 3 rings (SSSR count). The fourth-order valence-electron chi connectivity index (χ4n) is 3.66. The van der Waals surface area contributed by atoms with E-state index in [1.807, 2.05) is 55.6 Å². The highest BCUT2D eigenvalue weighted by atomic mass is 35.5. The van der Waals surface area contributed by atoms with E-state index in [1.165, 1.54) is 13.2 Å². The van der Waals surface area contributed by atoms with Crippen molar-refractivity contribution >= 4 is 23.4 Å². The Morgan fingerprint density at radius 2 is 1.85 bits per heavy atom. The van der Waals surface area contributed by atoms with Gasteiger partial charge in [-0.3, -0.25) is 19.5 Å². The quantitative estimate of drug-likeness (QED) is 0.377. The lowest BCUT2D eigenvalue weighted by Gasteiger charge is -2.24. The van der Waals surface area contributed by atoms with E-state index < -0.39 is 17.9 Å². The number of rotatable bonds is 8. The van der Waals surface area contributed by atoms with Gasteiger partial charge in [0.1, 0.15) is 11.8 Å². The number of aromatic nitrogens is 1. The highest BCUT2D eigenvalue weighted by molar-refractivity contribution is 6.33. The molecule has 3 aromatic rings. The number of nitriles is 1. The summed E-state index contributed by atoms with van der Waals surface area (Å²) in [6, 6.07) is 17.2. The number of nitrogens with zero attached hydrogens (tertiary/aromatic N) is 3. The van der Waals surface area contributed by atoms with Crippen molar-refractivity contribution in [2.24, 2.45) is 0 Å². The summed E-state index contributed by atoms with van der Waals surface area (Å²) >= 11 is 6.23. The Kier molecular flexibility index (Phi) is 8.23. The van der Waals surface area contributed by atoms with Gasteiger partial charge in [-0.25, -0.2) is 0 Å². The van der Waals surface area contributed by atoms with E-state index in [9.17, 15) is 14.9 Å². The molecular weight excluding hydrogens is 452 g/mol. The first-order chi connectivity index (χ1) is 16.3. The van der Waals surface area contributed by atoms with E-state index in [2.05, 4.69) is 10.3 Å². The number of ether oxygens (including phenoxy) is 1. The van der Waals surface area contributed by atoms with E-state index in [0.717, 1.165) is 16.0 Å². The first-order valence-corrected chi connectivity index (χ1v) is 11.1. The Hall–Kier alpha value is -3.89. The maximum absolute atomic E-state index is 13.0. The number of para-hydroxylation sites is 1. The summed E-state index contributed by atoms with van der Waals surface area (Å²) in [5, 5.41) is 12.5. The summed E-state index contributed by atoms with van der Waals surface area (Å²) in [7, 11) is 2.95. The maximum Gasteiger partial charge on any atom is 0.257 e. The molecule has 2 amide bonds. The Bertz CT molecular complexity index is 1210. The van der Waals surface area contributed by atoms with Crippen molar-refractivity contribution in [1.29, 1.82) is 5.26 Å². The number of amides is 2. The van der Waals surface area contributed by atoms with Gasteiger partial charge in [0.25, 0.3) is 11.8 Å². The molecule has 1 aromatic heterocycles. The summed E-state index contributed by atoms with van der Waals surface area (Å²) in [5.41, 5.74) is 2.58. The number of carbonyl (C=O) groups excluding carboxylic acids is 2. The molecule has 1 heterocycles. The molecule has 0 aliphatic rings. The van der Waals surface area contributed by atoms with Gasteiger partial charge in [-0.2, -0.15) is 5.26 Å². The number of likely N-dealkylation sites (N-methyl/N-ethyl adjacent to an activating group) is 1. The molecule has 0 aliphatic carbocycles. The van der Waals surface area contributed by atoms with Crippen molar-refractivity contribution in [2.45, 2.75) is 25.3 Å². The van der Waals surface area contributed by atoms with Crippen LogP contribution in [-0.4, -0.2) is 41.9 Å². The van der Waals surface area contributed by atoms with Crippen LogP contribution < -0.4 is 10.1 Å². The predicted molar refractivity (Wildman–Crippen MR) is 130 cm³/mol. The van der Waals surface area contributed by atoms with E-state index in [-0.39, 0.29) is 17.9 Å². The number of nitrogens with one attached hydrogen (secondary N) is 1. The second-order valence-electron chi connectivity index (χ2n) is 7.81. The van der Waals surface area contributed by atoms with Crippen molar-refractivity contribution in [3.63, 3.8) is 0 Å². The normalized spacial score (nSPS) is 12.2. The van der Waals surface area contributed by atoms with Crippen LogP contribution >= 0.6 is 11.6 Å². The summed E-state index contributed by atoms with van der Waals surface area (Å²) in [5.74, 6) is -0.396. The average Bonchev–Trinajstić information content (AvgIpc) is 2.87. The highest BCUT2D eigenvalue weighted by Gasteiger charge is 2.28. The number of methoxy groups -OCH3 is 1. The fraction of sp³-hybridized carbons (Fsp3) is 0.231. The standard InChI is InChI=1S/C26H25ClN4O3/c1-17(19-8-5-7-11-24(19)34-3)14-23(26(33)31(2)16-28)30-25(32)18-12-13-22(29-15-18)20-9-4-6-10-21(20)27/h4-13,15,17,23H,14H2,1-3H3,(H,30,32)/t17?,23-/m0/s1. The Morgan fingerprint density at radius 3 is 2.50 bits per heavy atom. The largest absolute Gasteiger partial charge is 0.496 e. The van der Waals surface area contributed by atoms with Crippen LogP contribution in [0.4, 0.5) is 0 Å². The minimum absolute atomic E-state index is 0.127. The molecule has 7 nitrogen and oxygen atoms in total. The monoisotopic (exact) mass is 476 g/mol. The predicted octanol–water partition coefficient (Wildman–Crippen LogP) is 4.64. The summed E-state index contributed by atoms with van der Waals surface area (Å²) in [6.45, 7) is 1.94. The van der Waals surface area contributed by atoms with Crippen LogP contribution in [0.5, 0.6) is 5.75 Å². The fourth-order valence-corrected chi connectivity index (χ4v) is 3.89. The summed E-state index contributed by atoms with van der Waals surface area (Å²) in [6.07, 6.45) is 3.53. The SMILES string of the molecule is COc1ccccc1C(C)C[C@H](NC(=O)c1ccc(-c2ccccc2Cl)nc1)C(=O)N(C)C#N. The molecule has 8 heteroatoms. The molecule has 0 spiro atoms. The van der Waals surface area contributed by atoms with Crippen molar-refractivity contribution in [1.82, 2.24) is 15.2 Å². The molecule has 0 saturated carbocycles. The van der Waals surface area contributed by atoms with Crippen LogP contribution in [-0.2, 0) is 4.79 Å². The van der Waals surface area contributed by atoms with E-state index in [0.29, 0.717) is 16.5 Å². The van der Waals surface area contributed by atoms with Gasteiger partial charge in [0, 0.05) is 23.8 Å². The molecule has 1 unspecified atom stereocenters. The third-order valence-corrected chi connectivity index (χ3v) is 5.85. The van der Waals surface area contributed by atoms with Gasteiger partial charge in [-0.05, 0) is 42.2 Å². The molecule has 0 bridgehead atoms. The number of carbonyl (C=O) groups is 2. The Balaban J connectivity index is 1.80. The minimum atomic E-state index is -0.916. The van der Waals surface area contributed by atoms with Gasteiger partial charge < -0.3 is 10.1 Å². The maximum atomic E-state index is 13.0. The third-order valence-electron chi connectivity index (χ3n) is 5.52. The first-order valence-electron chi connectivity index (χ1n) is 10.7. The zero-order valence-electron chi connectivity index (χ0n) is 19.2. The average molecular weight is 477 g/mol. The molecule has 0 radical (unpaired) electrons. The summed E-state index contributed by atoms with van der Waals surface area (Å²) in [4.78, 5) is 31.1. The zero-order valence-corrected chi connectivity index (χ0v) is 19.9. The van der Waals surface area contributed by atoms with E-state index >= 15 is 0 Å². The van der Waals surface area contributed by atoms with Crippen molar-refractivity contribution < 1.29 is 14.3 Å². The van der Waals surface area contributed by atoms with Gasteiger partial charge >= 0.3 is 0 Å². The minimum Gasteiger partial charge on any atom is -0.496 e. The lowest BCUT2D eigenvalue weighted by Crippen LogP contribution is -2.46. The molecule has 174 valence electrons. The Morgan fingerprint density at radius 1 is 1.15 bits per heavy atom. The second-order valence-corrected chi connectivity index (χ2v) is 8.22. The lowest BCUT2D eigenvalue weighted by atomic mass is 9.92. The molecular formula is C26H25ClN4O3. The highest BCUT2D eigenvalue weighted by Crippen LogP contribution is 2.30. The van der Waals surface area contributed by atoms with Crippen LogP contribution in [0.1, 0.15) is 35.2 Å². The van der Waals surface area contributed by atoms with Crippen LogP contribution in [0.25, 0.3) is 11.3 Å². The number of benzene rings is 2. The second kappa shape index (κ2) is 11.3.